The van der Waals surface area contributed by atoms with Crippen molar-refractivity contribution in [1.29, 1.82) is 0 Å². The number of nitrogens with zero attached hydrogens (tertiary/aromatic N) is 3. The molecule has 1 aliphatic heterocycles. The largest absolute Gasteiger partial charge is 0.497 e. The van der Waals surface area contributed by atoms with E-state index in [2.05, 4.69) is 20.4 Å². The van der Waals surface area contributed by atoms with Gasteiger partial charge in [0, 0.05) is 13.1 Å². The number of rotatable bonds is 8. The lowest BCUT2D eigenvalue weighted by molar-refractivity contribution is -0.125. The highest BCUT2D eigenvalue weighted by molar-refractivity contribution is 7.13. The number of carbonyl (C=O) groups is 1. The van der Waals surface area contributed by atoms with Crippen molar-refractivity contribution in [2.24, 2.45) is 5.92 Å². The number of carbonyl (C=O) groups excluding carboxylic acids is 1. The van der Waals surface area contributed by atoms with Crippen molar-refractivity contribution >= 4 is 23.1 Å². The molecule has 7 nitrogen and oxygen atoms in total. The summed E-state index contributed by atoms with van der Waals surface area (Å²) in [5.41, 5.74) is 0.877. The molecule has 1 atom stereocenters. The first-order chi connectivity index (χ1) is 15.2. The van der Waals surface area contributed by atoms with Crippen molar-refractivity contribution in [3.8, 4) is 22.1 Å². The summed E-state index contributed by atoms with van der Waals surface area (Å²) in [6, 6.07) is 15.4. The minimum atomic E-state index is -0.0616. The lowest BCUT2D eigenvalue weighted by Gasteiger charge is -2.32. The fourth-order valence-corrected chi connectivity index (χ4v) is 4.30. The summed E-state index contributed by atoms with van der Waals surface area (Å²) in [6.07, 6.45) is 1.83. The van der Waals surface area contributed by atoms with Gasteiger partial charge in [-0.2, -0.15) is 0 Å². The maximum Gasteiger partial charge on any atom is 0.225 e. The van der Waals surface area contributed by atoms with Crippen LogP contribution in [0.4, 0.5) is 5.82 Å². The number of methoxy groups -OCH3 is 1. The third-order valence-electron chi connectivity index (χ3n) is 5.27. The zero-order chi connectivity index (χ0) is 21.5. The van der Waals surface area contributed by atoms with Crippen molar-refractivity contribution in [3.05, 3.63) is 53.9 Å². The van der Waals surface area contributed by atoms with Crippen LogP contribution in [0.3, 0.4) is 0 Å². The molecule has 2 aromatic heterocycles. The number of thiophene rings is 1. The van der Waals surface area contributed by atoms with E-state index < -0.39 is 0 Å². The molecule has 0 aliphatic carbocycles. The molecular weight excluding hydrogens is 412 g/mol. The van der Waals surface area contributed by atoms with Gasteiger partial charge in [-0.3, -0.25) is 4.79 Å². The Morgan fingerprint density at radius 1 is 1.16 bits per heavy atom. The van der Waals surface area contributed by atoms with Gasteiger partial charge in [0.05, 0.1) is 24.4 Å². The molecule has 0 spiro atoms. The summed E-state index contributed by atoms with van der Waals surface area (Å²) < 4.78 is 10.8. The summed E-state index contributed by atoms with van der Waals surface area (Å²) in [4.78, 5) is 15.9. The molecule has 162 valence electrons. The molecule has 1 N–H and O–H groups in total. The summed E-state index contributed by atoms with van der Waals surface area (Å²) in [5, 5.41) is 13.8. The Morgan fingerprint density at radius 2 is 2.00 bits per heavy atom. The summed E-state index contributed by atoms with van der Waals surface area (Å²) in [6.45, 7) is 2.43. The maximum absolute atomic E-state index is 12.6. The highest BCUT2D eigenvalue weighted by atomic mass is 32.1. The molecule has 4 rings (SSSR count). The van der Waals surface area contributed by atoms with Gasteiger partial charge < -0.3 is 19.7 Å². The Kier molecular flexibility index (Phi) is 6.99. The van der Waals surface area contributed by atoms with Crippen LogP contribution in [0.25, 0.3) is 10.6 Å². The molecule has 1 aromatic carbocycles. The molecule has 1 unspecified atom stereocenters. The van der Waals surface area contributed by atoms with E-state index in [0.29, 0.717) is 19.7 Å². The van der Waals surface area contributed by atoms with E-state index in [9.17, 15) is 4.79 Å². The van der Waals surface area contributed by atoms with E-state index in [1.807, 2.05) is 53.9 Å². The Labute approximate surface area is 186 Å². The monoisotopic (exact) mass is 438 g/mol. The minimum absolute atomic E-state index is 0.0613. The normalized spacial score (nSPS) is 16.0. The number of amides is 1. The number of piperidine rings is 1. The van der Waals surface area contributed by atoms with Crippen molar-refractivity contribution in [2.75, 3.05) is 38.3 Å². The Morgan fingerprint density at radius 3 is 2.71 bits per heavy atom. The first-order valence-electron chi connectivity index (χ1n) is 10.4. The van der Waals surface area contributed by atoms with Gasteiger partial charge in [-0.25, -0.2) is 0 Å². The molecule has 0 saturated carbocycles. The molecule has 0 radical (unpaired) electrons. The molecular formula is C23H26N4O3S. The second kappa shape index (κ2) is 10.3. The third-order valence-corrected chi connectivity index (χ3v) is 6.16. The molecule has 1 amide bonds. The highest BCUT2D eigenvalue weighted by Crippen LogP contribution is 2.25. The van der Waals surface area contributed by atoms with Crippen LogP contribution in [0.15, 0.2) is 53.9 Å². The molecule has 1 saturated heterocycles. The smallest absolute Gasteiger partial charge is 0.225 e. The fraction of sp³-hybridized carbons (Fsp3) is 0.348. The van der Waals surface area contributed by atoms with Crippen molar-refractivity contribution in [2.45, 2.75) is 12.8 Å². The lowest BCUT2D eigenvalue weighted by atomic mass is 9.97. The van der Waals surface area contributed by atoms with E-state index in [1.165, 1.54) is 0 Å². The molecule has 31 heavy (non-hydrogen) atoms. The molecule has 1 aliphatic rings. The van der Waals surface area contributed by atoms with Crippen LogP contribution >= 0.6 is 11.3 Å². The molecule has 0 bridgehead atoms. The maximum atomic E-state index is 12.6. The molecule has 8 heteroatoms. The number of ether oxygens (including phenoxy) is 2. The van der Waals surface area contributed by atoms with Crippen LogP contribution in [0.1, 0.15) is 12.8 Å². The second-order valence-electron chi connectivity index (χ2n) is 7.35. The van der Waals surface area contributed by atoms with E-state index in [-0.39, 0.29) is 11.8 Å². The quantitative estimate of drug-likeness (QED) is 0.542. The number of hydrogen-bond acceptors (Lipinski definition) is 7. The van der Waals surface area contributed by atoms with E-state index >= 15 is 0 Å². The molecule has 3 aromatic rings. The number of anilines is 1. The zero-order valence-corrected chi connectivity index (χ0v) is 18.3. The van der Waals surface area contributed by atoms with Crippen LogP contribution in [0, 0.1) is 5.92 Å². The van der Waals surface area contributed by atoms with Crippen LogP contribution in [-0.2, 0) is 4.79 Å². The number of nitrogens with one attached hydrogen (secondary N) is 1. The van der Waals surface area contributed by atoms with Crippen LogP contribution in [0.2, 0.25) is 0 Å². The standard InChI is InChI=1S/C23H26N4O3S/c1-29-18-6-8-19(9-7-18)30-14-12-24-23(28)17-4-2-13-27(16-17)22-11-10-20(25-26-22)21-5-3-15-31-21/h3,5-11,15,17H,2,4,12-14,16H2,1H3,(H,24,28). The zero-order valence-electron chi connectivity index (χ0n) is 17.5. The average Bonchev–Trinajstić information content (AvgIpc) is 3.37. The van der Waals surface area contributed by atoms with Gasteiger partial charge in [0.2, 0.25) is 5.91 Å². The highest BCUT2D eigenvalue weighted by Gasteiger charge is 2.26. The Hall–Kier alpha value is -3.13. The lowest BCUT2D eigenvalue weighted by Crippen LogP contribution is -2.44. The van der Waals surface area contributed by atoms with Gasteiger partial charge in [-0.05, 0) is 60.7 Å². The van der Waals surface area contributed by atoms with Crippen molar-refractivity contribution < 1.29 is 14.3 Å². The van der Waals surface area contributed by atoms with Gasteiger partial charge in [-0.1, -0.05) is 6.07 Å². The summed E-state index contributed by atoms with van der Waals surface area (Å²) >= 11 is 1.65. The molecule has 3 heterocycles. The average molecular weight is 439 g/mol. The number of benzene rings is 1. The van der Waals surface area contributed by atoms with E-state index in [1.54, 1.807) is 18.4 Å². The molecule has 1 fully saturated rings. The van der Waals surface area contributed by atoms with Gasteiger partial charge in [0.25, 0.3) is 0 Å². The Bertz CT molecular complexity index is 962. The van der Waals surface area contributed by atoms with E-state index in [0.717, 1.165) is 47.3 Å². The predicted molar refractivity (Wildman–Crippen MR) is 122 cm³/mol. The first kappa shape index (κ1) is 21.1. The van der Waals surface area contributed by atoms with E-state index in [4.69, 9.17) is 9.47 Å². The van der Waals surface area contributed by atoms with Gasteiger partial charge in [-0.15, -0.1) is 21.5 Å². The minimum Gasteiger partial charge on any atom is -0.497 e. The van der Waals surface area contributed by atoms with Crippen LogP contribution in [0.5, 0.6) is 11.5 Å². The van der Waals surface area contributed by atoms with Crippen molar-refractivity contribution in [3.63, 3.8) is 0 Å². The van der Waals surface area contributed by atoms with Gasteiger partial charge in [0.15, 0.2) is 5.82 Å². The summed E-state index contributed by atoms with van der Waals surface area (Å²) in [5.74, 6) is 2.36. The third kappa shape index (κ3) is 5.52. The summed E-state index contributed by atoms with van der Waals surface area (Å²) in [7, 11) is 1.63. The fourth-order valence-electron chi connectivity index (χ4n) is 3.61. The topological polar surface area (TPSA) is 76.6 Å². The first-order valence-corrected chi connectivity index (χ1v) is 11.3. The Balaban J connectivity index is 1.24. The van der Waals surface area contributed by atoms with Crippen molar-refractivity contribution in [1.82, 2.24) is 15.5 Å². The number of aromatic nitrogens is 2. The second-order valence-corrected chi connectivity index (χ2v) is 8.30. The van der Waals surface area contributed by atoms with Crippen LogP contribution in [-0.4, -0.2) is 49.5 Å². The predicted octanol–water partition coefficient (Wildman–Crippen LogP) is 3.63. The van der Waals surface area contributed by atoms with Gasteiger partial charge in [0.1, 0.15) is 23.8 Å². The van der Waals surface area contributed by atoms with Crippen LogP contribution < -0.4 is 19.7 Å². The van der Waals surface area contributed by atoms with Gasteiger partial charge >= 0.3 is 0 Å². The SMILES string of the molecule is COc1ccc(OCCNC(=O)C2CCCN(c3ccc(-c4cccs4)nn3)C2)cc1. The number of hydrogen-bond donors (Lipinski definition) is 1.